The SMILES string of the molecule is COc1cc2c(cc1OC)CN(C(=O)C1CC3(CCNCC3)CN1)CC2.Cl.Cl. The zero-order chi connectivity index (χ0) is 18.1. The summed E-state index contributed by atoms with van der Waals surface area (Å²) in [5.74, 6) is 1.74. The van der Waals surface area contributed by atoms with Crippen molar-refractivity contribution in [3.8, 4) is 11.5 Å². The lowest BCUT2D eigenvalue weighted by molar-refractivity contribution is -0.134. The fourth-order valence-electron chi connectivity index (χ4n) is 4.72. The minimum atomic E-state index is -0.0326. The highest BCUT2D eigenvalue weighted by Crippen LogP contribution is 2.38. The molecular formula is C20H31Cl2N3O3. The van der Waals surface area contributed by atoms with Crippen molar-refractivity contribution in [2.75, 3.05) is 40.4 Å². The number of carbonyl (C=O) groups excluding carboxylic acids is 1. The van der Waals surface area contributed by atoms with Gasteiger partial charge in [-0.15, -0.1) is 24.8 Å². The van der Waals surface area contributed by atoms with E-state index in [4.69, 9.17) is 9.47 Å². The van der Waals surface area contributed by atoms with Crippen molar-refractivity contribution in [2.45, 2.75) is 38.3 Å². The molecule has 0 aromatic heterocycles. The number of hydrogen-bond donors (Lipinski definition) is 2. The van der Waals surface area contributed by atoms with Crippen molar-refractivity contribution in [2.24, 2.45) is 5.41 Å². The number of benzene rings is 1. The maximum Gasteiger partial charge on any atom is 0.240 e. The second-order valence-corrected chi connectivity index (χ2v) is 7.87. The van der Waals surface area contributed by atoms with E-state index in [9.17, 15) is 4.79 Å². The minimum Gasteiger partial charge on any atom is -0.493 e. The molecule has 4 rings (SSSR count). The summed E-state index contributed by atoms with van der Waals surface area (Å²) in [5.41, 5.74) is 2.73. The molecule has 8 heteroatoms. The Morgan fingerprint density at radius 2 is 1.75 bits per heavy atom. The van der Waals surface area contributed by atoms with Gasteiger partial charge < -0.3 is 25.0 Å². The highest BCUT2D eigenvalue weighted by atomic mass is 35.5. The van der Waals surface area contributed by atoms with Crippen LogP contribution >= 0.6 is 24.8 Å². The monoisotopic (exact) mass is 431 g/mol. The van der Waals surface area contributed by atoms with E-state index >= 15 is 0 Å². The third-order valence-electron chi connectivity index (χ3n) is 6.35. The van der Waals surface area contributed by atoms with Gasteiger partial charge in [-0.2, -0.15) is 0 Å². The molecular weight excluding hydrogens is 401 g/mol. The van der Waals surface area contributed by atoms with E-state index in [0.29, 0.717) is 12.0 Å². The van der Waals surface area contributed by atoms with Gasteiger partial charge in [-0.1, -0.05) is 0 Å². The quantitative estimate of drug-likeness (QED) is 0.767. The number of piperidine rings is 1. The van der Waals surface area contributed by atoms with E-state index in [1.165, 1.54) is 18.4 Å². The Bertz CT molecular complexity index is 696. The first-order valence-electron chi connectivity index (χ1n) is 9.61. The lowest BCUT2D eigenvalue weighted by Gasteiger charge is -2.34. The molecule has 1 atom stereocenters. The van der Waals surface area contributed by atoms with Crippen LogP contribution in [0.4, 0.5) is 0 Å². The highest BCUT2D eigenvalue weighted by Gasteiger charge is 2.43. The average Bonchev–Trinajstić information content (AvgIpc) is 3.09. The smallest absolute Gasteiger partial charge is 0.240 e. The van der Waals surface area contributed by atoms with E-state index in [0.717, 1.165) is 56.1 Å². The number of fused-ring (bicyclic) bond motifs is 1. The van der Waals surface area contributed by atoms with Crippen LogP contribution in [0.2, 0.25) is 0 Å². The summed E-state index contributed by atoms with van der Waals surface area (Å²) in [6.07, 6.45) is 4.18. The number of nitrogens with zero attached hydrogens (tertiary/aromatic N) is 1. The van der Waals surface area contributed by atoms with Crippen LogP contribution in [0.15, 0.2) is 12.1 Å². The van der Waals surface area contributed by atoms with Gasteiger partial charge in [0.2, 0.25) is 5.91 Å². The van der Waals surface area contributed by atoms with Crippen LogP contribution in [0.25, 0.3) is 0 Å². The van der Waals surface area contributed by atoms with Crippen molar-refractivity contribution in [1.82, 2.24) is 15.5 Å². The molecule has 2 fully saturated rings. The summed E-state index contributed by atoms with van der Waals surface area (Å²) in [4.78, 5) is 15.1. The van der Waals surface area contributed by atoms with Crippen LogP contribution in [0.3, 0.4) is 0 Å². The minimum absolute atomic E-state index is 0. The molecule has 1 unspecified atom stereocenters. The lowest BCUT2D eigenvalue weighted by Crippen LogP contribution is -2.45. The van der Waals surface area contributed by atoms with E-state index < -0.39 is 0 Å². The third-order valence-corrected chi connectivity index (χ3v) is 6.35. The van der Waals surface area contributed by atoms with Gasteiger partial charge in [0.05, 0.1) is 20.3 Å². The molecule has 2 N–H and O–H groups in total. The second-order valence-electron chi connectivity index (χ2n) is 7.87. The maximum absolute atomic E-state index is 13.1. The Morgan fingerprint density at radius 1 is 1.11 bits per heavy atom. The van der Waals surface area contributed by atoms with Crippen molar-refractivity contribution in [1.29, 1.82) is 0 Å². The fourth-order valence-corrected chi connectivity index (χ4v) is 4.72. The molecule has 28 heavy (non-hydrogen) atoms. The van der Waals surface area contributed by atoms with E-state index in [1.807, 2.05) is 17.0 Å². The van der Waals surface area contributed by atoms with E-state index in [2.05, 4.69) is 10.6 Å². The van der Waals surface area contributed by atoms with E-state index in [-0.39, 0.29) is 36.8 Å². The van der Waals surface area contributed by atoms with Crippen molar-refractivity contribution < 1.29 is 14.3 Å². The Kier molecular flexibility index (Phi) is 7.85. The number of halogens is 2. The lowest BCUT2D eigenvalue weighted by atomic mass is 9.77. The molecule has 3 aliphatic heterocycles. The number of hydrogen-bond acceptors (Lipinski definition) is 5. The van der Waals surface area contributed by atoms with Gasteiger partial charge in [0.25, 0.3) is 0 Å². The molecule has 1 amide bonds. The van der Waals surface area contributed by atoms with E-state index in [1.54, 1.807) is 14.2 Å². The van der Waals surface area contributed by atoms with Gasteiger partial charge >= 0.3 is 0 Å². The van der Waals surface area contributed by atoms with Gasteiger partial charge in [0.1, 0.15) is 0 Å². The first kappa shape index (κ1) is 23.1. The van der Waals surface area contributed by atoms with Crippen molar-refractivity contribution in [3.05, 3.63) is 23.3 Å². The summed E-state index contributed by atoms with van der Waals surface area (Å²) in [6, 6.07) is 4.03. The molecule has 1 spiro atoms. The number of rotatable bonds is 3. The molecule has 0 saturated carbocycles. The predicted octanol–water partition coefficient (Wildman–Crippen LogP) is 2.16. The highest BCUT2D eigenvalue weighted by molar-refractivity contribution is 5.85. The normalized spacial score (nSPS) is 22.6. The van der Waals surface area contributed by atoms with Gasteiger partial charge in [-0.25, -0.2) is 0 Å². The number of amides is 1. The van der Waals surface area contributed by atoms with Gasteiger partial charge in [0, 0.05) is 19.6 Å². The fraction of sp³-hybridized carbons (Fsp3) is 0.650. The molecule has 0 radical (unpaired) electrons. The Hall–Kier alpha value is -1.21. The topological polar surface area (TPSA) is 62.8 Å². The van der Waals surface area contributed by atoms with Crippen molar-refractivity contribution >= 4 is 30.7 Å². The maximum atomic E-state index is 13.1. The number of carbonyl (C=O) groups is 1. The van der Waals surface area contributed by atoms with Crippen LogP contribution in [0.1, 0.15) is 30.4 Å². The summed E-state index contributed by atoms with van der Waals surface area (Å²) in [5, 5.41) is 6.94. The number of methoxy groups -OCH3 is 2. The molecule has 3 heterocycles. The molecule has 158 valence electrons. The number of ether oxygens (including phenoxy) is 2. The van der Waals surface area contributed by atoms with Crippen LogP contribution < -0.4 is 20.1 Å². The third kappa shape index (κ3) is 4.35. The zero-order valence-electron chi connectivity index (χ0n) is 16.6. The standard InChI is InChI=1S/C20H29N3O3.2ClH/c1-25-17-9-14-3-8-23(12-15(14)10-18(17)26-2)19(24)16-11-20(13-22-16)4-6-21-7-5-20;;/h9-10,16,21-22H,3-8,11-13H2,1-2H3;2*1H. The van der Waals surface area contributed by atoms with Crippen LogP contribution in [0, 0.1) is 5.41 Å². The second kappa shape index (κ2) is 9.53. The molecule has 1 aromatic rings. The van der Waals surface area contributed by atoms with Crippen molar-refractivity contribution in [3.63, 3.8) is 0 Å². The zero-order valence-corrected chi connectivity index (χ0v) is 18.2. The summed E-state index contributed by atoms with van der Waals surface area (Å²) in [6.45, 7) is 4.54. The Balaban J connectivity index is 0.00000140. The number of nitrogens with one attached hydrogen (secondary N) is 2. The predicted molar refractivity (Wildman–Crippen MR) is 114 cm³/mol. The first-order chi connectivity index (χ1) is 12.6. The summed E-state index contributed by atoms with van der Waals surface area (Å²) < 4.78 is 10.8. The summed E-state index contributed by atoms with van der Waals surface area (Å²) in [7, 11) is 3.31. The van der Waals surface area contributed by atoms with Gasteiger partial charge in [-0.3, -0.25) is 4.79 Å². The van der Waals surface area contributed by atoms with Crippen LogP contribution in [-0.2, 0) is 17.8 Å². The Morgan fingerprint density at radius 3 is 2.39 bits per heavy atom. The molecule has 1 aromatic carbocycles. The molecule has 6 nitrogen and oxygen atoms in total. The molecule has 0 bridgehead atoms. The molecule has 2 saturated heterocycles. The largest absolute Gasteiger partial charge is 0.493 e. The molecule has 3 aliphatic rings. The Labute approximate surface area is 179 Å². The van der Waals surface area contributed by atoms with Gasteiger partial charge in [0.15, 0.2) is 11.5 Å². The average molecular weight is 432 g/mol. The summed E-state index contributed by atoms with van der Waals surface area (Å²) >= 11 is 0. The first-order valence-corrected chi connectivity index (χ1v) is 9.61. The van der Waals surface area contributed by atoms with Gasteiger partial charge in [-0.05, 0) is 67.4 Å². The van der Waals surface area contributed by atoms with Crippen LogP contribution in [-0.4, -0.2) is 57.2 Å². The van der Waals surface area contributed by atoms with Crippen LogP contribution in [0.5, 0.6) is 11.5 Å². The molecule has 0 aliphatic carbocycles.